The molecule has 13 heteroatoms. The number of halogens is 1. The number of carbonyl (C=O) groups is 1. The van der Waals surface area contributed by atoms with E-state index >= 15 is 0 Å². The molecule has 1 aliphatic heterocycles. The molecule has 0 bridgehead atoms. The maximum Gasteiger partial charge on any atom is 0.253 e. The van der Waals surface area contributed by atoms with Gasteiger partial charge >= 0.3 is 0 Å². The van der Waals surface area contributed by atoms with Gasteiger partial charge < -0.3 is 10.1 Å². The number of aryl methyl sites for hydroxylation is 1. The predicted octanol–water partition coefficient (Wildman–Crippen LogP) is 4.31. The summed E-state index contributed by atoms with van der Waals surface area (Å²) >= 11 is 8.35. The smallest absolute Gasteiger partial charge is 0.253 e. The molecule has 0 saturated carbocycles. The molecule has 1 saturated heterocycles. The molecule has 0 spiro atoms. The van der Waals surface area contributed by atoms with Crippen LogP contribution in [0.25, 0.3) is 15.3 Å². The lowest BCUT2D eigenvalue weighted by Gasteiger charge is -2.22. The molecular weight excluding hydrogens is 518 g/mol. The highest BCUT2D eigenvalue weighted by Crippen LogP contribution is 2.33. The van der Waals surface area contributed by atoms with Gasteiger partial charge in [-0.15, -0.1) is 11.3 Å². The van der Waals surface area contributed by atoms with Gasteiger partial charge in [-0.2, -0.15) is 14.1 Å². The van der Waals surface area contributed by atoms with E-state index in [2.05, 4.69) is 15.4 Å². The Balaban J connectivity index is 1.42. The summed E-state index contributed by atoms with van der Waals surface area (Å²) in [7, 11) is -2.23. The summed E-state index contributed by atoms with van der Waals surface area (Å²) in [5.41, 5.74) is 1.45. The number of carbonyl (C=O) groups excluding carboxylic acids is 1. The molecule has 1 amide bonds. The third-order valence-corrected chi connectivity index (χ3v) is 10.1. The van der Waals surface area contributed by atoms with Crippen LogP contribution in [0.1, 0.15) is 18.5 Å². The highest BCUT2D eigenvalue weighted by atomic mass is 35.5. The van der Waals surface area contributed by atoms with E-state index in [1.807, 2.05) is 25.1 Å². The number of nitrogens with one attached hydrogen (secondary N) is 1. The Hall–Kier alpha value is -2.51. The molecule has 1 unspecified atom stereocenters. The van der Waals surface area contributed by atoms with Gasteiger partial charge in [0.05, 0.1) is 27.4 Å². The van der Waals surface area contributed by atoms with E-state index in [1.54, 1.807) is 23.9 Å². The number of rotatable bonds is 6. The number of hydrogen-bond donors (Lipinski definition) is 1. The minimum Gasteiger partial charge on any atom is -0.497 e. The summed E-state index contributed by atoms with van der Waals surface area (Å²) in [6.45, 7) is 2.09. The molecule has 178 valence electrons. The second kappa shape index (κ2) is 8.93. The largest absolute Gasteiger partial charge is 0.497 e. The van der Waals surface area contributed by atoms with Crippen LogP contribution in [0.3, 0.4) is 0 Å². The monoisotopic (exact) mass is 537 g/mol. The number of benzene rings is 1. The highest BCUT2D eigenvalue weighted by Gasteiger charge is 2.40. The van der Waals surface area contributed by atoms with Crippen molar-refractivity contribution in [3.8, 4) is 10.9 Å². The molecule has 3 aromatic heterocycles. The number of ether oxygens (including phenoxy) is 1. The van der Waals surface area contributed by atoms with E-state index in [1.165, 1.54) is 21.7 Å². The number of anilines is 1. The van der Waals surface area contributed by atoms with Gasteiger partial charge in [0.15, 0.2) is 0 Å². The quantitative estimate of drug-likeness (QED) is 0.393. The van der Waals surface area contributed by atoms with Gasteiger partial charge in [-0.3, -0.25) is 4.79 Å². The van der Waals surface area contributed by atoms with Crippen molar-refractivity contribution >= 4 is 66.2 Å². The van der Waals surface area contributed by atoms with Gasteiger partial charge in [0.2, 0.25) is 11.0 Å². The van der Waals surface area contributed by atoms with Gasteiger partial charge in [0.1, 0.15) is 21.8 Å². The molecule has 34 heavy (non-hydrogen) atoms. The van der Waals surface area contributed by atoms with Gasteiger partial charge in [0, 0.05) is 18.7 Å². The number of aromatic nitrogens is 3. The van der Waals surface area contributed by atoms with Crippen LogP contribution in [0.4, 0.5) is 5.82 Å². The van der Waals surface area contributed by atoms with E-state index in [0.717, 1.165) is 21.6 Å². The van der Waals surface area contributed by atoms with E-state index in [0.29, 0.717) is 39.6 Å². The number of amides is 1. The fourth-order valence-corrected chi connectivity index (χ4v) is 8.08. The number of thiophene rings is 1. The van der Waals surface area contributed by atoms with Crippen LogP contribution in [0.2, 0.25) is 4.34 Å². The minimum absolute atomic E-state index is 0.128. The molecule has 1 N–H and O–H groups in total. The first-order chi connectivity index (χ1) is 16.3. The summed E-state index contributed by atoms with van der Waals surface area (Å²) in [5.74, 6) is 0.716. The molecule has 1 aliphatic rings. The van der Waals surface area contributed by atoms with Gasteiger partial charge in [-0.1, -0.05) is 22.9 Å². The van der Waals surface area contributed by atoms with Crippen molar-refractivity contribution in [3.05, 3.63) is 46.4 Å². The van der Waals surface area contributed by atoms with Gasteiger partial charge in [-0.25, -0.2) is 13.4 Å². The standard InChI is InChI=1S/C21H20ClN5O4S3/c1-12-10-18(27(25-12)21-23-14-11-13(31-2)5-6-16(14)32-21)24-20(28)15-4-3-9-26(15)34(29,30)19-8-7-17(22)33-19/h5-8,10-11,15H,3-4,9H2,1-2H3,(H,24,28). The molecule has 1 fully saturated rings. The van der Waals surface area contributed by atoms with Crippen molar-refractivity contribution in [1.29, 1.82) is 0 Å². The van der Waals surface area contributed by atoms with Crippen LogP contribution >= 0.6 is 34.3 Å². The maximum atomic E-state index is 13.2. The maximum absolute atomic E-state index is 13.2. The third-order valence-electron chi connectivity index (χ3n) is 5.47. The molecule has 0 aliphatic carbocycles. The molecule has 5 rings (SSSR count). The lowest BCUT2D eigenvalue weighted by Crippen LogP contribution is -2.43. The van der Waals surface area contributed by atoms with Gasteiger partial charge in [-0.05, 0) is 44.0 Å². The first-order valence-corrected chi connectivity index (χ1v) is 13.8. The normalized spacial score (nSPS) is 16.9. The molecule has 1 atom stereocenters. The van der Waals surface area contributed by atoms with E-state index in [-0.39, 0.29) is 10.8 Å². The number of thiazole rings is 1. The Morgan fingerprint density at radius 2 is 2.06 bits per heavy atom. The van der Waals surface area contributed by atoms with Crippen molar-refractivity contribution < 1.29 is 17.9 Å². The zero-order valence-corrected chi connectivity index (χ0v) is 21.4. The molecular formula is C21H20ClN5O4S3. The van der Waals surface area contributed by atoms with Gasteiger partial charge in [0.25, 0.3) is 10.0 Å². The summed E-state index contributed by atoms with van der Waals surface area (Å²) in [6.07, 6.45) is 1.02. The SMILES string of the molecule is COc1ccc2sc(-n3nc(C)cc3NC(=O)C3CCCN3S(=O)(=O)c3ccc(Cl)s3)nc2c1. The summed E-state index contributed by atoms with van der Waals surface area (Å²) in [6, 6.07) is 9.53. The van der Waals surface area contributed by atoms with Crippen LogP contribution in [-0.4, -0.2) is 53.1 Å². The highest BCUT2D eigenvalue weighted by molar-refractivity contribution is 7.91. The van der Waals surface area contributed by atoms with E-state index in [9.17, 15) is 13.2 Å². The van der Waals surface area contributed by atoms with E-state index < -0.39 is 22.0 Å². The Morgan fingerprint density at radius 1 is 1.24 bits per heavy atom. The van der Waals surface area contributed by atoms with Crippen LogP contribution < -0.4 is 10.1 Å². The average molecular weight is 538 g/mol. The number of methoxy groups -OCH3 is 1. The first kappa shape index (κ1) is 23.2. The number of nitrogens with zero attached hydrogens (tertiary/aromatic N) is 4. The Kier molecular flexibility index (Phi) is 6.10. The van der Waals surface area contributed by atoms with Crippen molar-refractivity contribution in [2.75, 3.05) is 19.0 Å². The van der Waals surface area contributed by atoms with Crippen molar-refractivity contribution in [2.24, 2.45) is 0 Å². The van der Waals surface area contributed by atoms with Crippen LogP contribution in [0.5, 0.6) is 5.75 Å². The lowest BCUT2D eigenvalue weighted by atomic mass is 10.2. The van der Waals surface area contributed by atoms with E-state index in [4.69, 9.17) is 16.3 Å². The summed E-state index contributed by atoms with van der Waals surface area (Å²) < 4.78 is 35.8. The fourth-order valence-electron chi connectivity index (χ4n) is 3.90. The fraction of sp³-hybridized carbons (Fsp3) is 0.286. The topological polar surface area (TPSA) is 106 Å². The first-order valence-electron chi connectivity index (χ1n) is 10.4. The number of hydrogen-bond acceptors (Lipinski definition) is 8. The molecule has 4 heterocycles. The Labute approximate surface area is 209 Å². The molecule has 9 nitrogen and oxygen atoms in total. The van der Waals surface area contributed by atoms with Crippen LogP contribution in [-0.2, 0) is 14.8 Å². The predicted molar refractivity (Wildman–Crippen MR) is 133 cm³/mol. The third kappa shape index (κ3) is 4.20. The molecule has 1 aromatic carbocycles. The average Bonchev–Trinajstić information content (AvgIpc) is 3.58. The second-order valence-electron chi connectivity index (χ2n) is 7.73. The number of sulfonamides is 1. The van der Waals surface area contributed by atoms with Crippen molar-refractivity contribution in [1.82, 2.24) is 19.1 Å². The Bertz CT molecular complexity index is 1490. The van der Waals surface area contributed by atoms with Crippen molar-refractivity contribution in [3.63, 3.8) is 0 Å². The molecule has 0 radical (unpaired) electrons. The second-order valence-corrected chi connectivity index (χ2v) is 12.6. The minimum atomic E-state index is -3.82. The Morgan fingerprint density at radius 3 is 2.79 bits per heavy atom. The van der Waals surface area contributed by atoms with Crippen molar-refractivity contribution in [2.45, 2.75) is 30.0 Å². The summed E-state index contributed by atoms with van der Waals surface area (Å²) in [5, 5.41) is 7.94. The molecule has 4 aromatic rings. The number of fused-ring (bicyclic) bond motifs is 1. The summed E-state index contributed by atoms with van der Waals surface area (Å²) in [4.78, 5) is 17.9. The zero-order valence-electron chi connectivity index (χ0n) is 18.2. The lowest BCUT2D eigenvalue weighted by molar-refractivity contribution is -0.119. The van der Waals surface area contributed by atoms with Crippen LogP contribution in [0.15, 0.2) is 40.6 Å². The van der Waals surface area contributed by atoms with Crippen LogP contribution in [0, 0.1) is 6.92 Å². The zero-order chi connectivity index (χ0) is 24.0.